The zero-order valence-corrected chi connectivity index (χ0v) is 12.6. The minimum Gasteiger partial charge on any atom is -0.382 e. The third-order valence-electron chi connectivity index (χ3n) is 4.06. The topological polar surface area (TPSA) is 30.5 Å². The van der Waals surface area contributed by atoms with Crippen LogP contribution in [0.15, 0.2) is 0 Å². The van der Waals surface area contributed by atoms with Crippen LogP contribution in [0, 0.1) is 5.92 Å². The monoisotopic (exact) mass is 257 g/mol. The second-order valence-corrected chi connectivity index (χ2v) is 5.83. The summed E-state index contributed by atoms with van der Waals surface area (Å²) in [7, 11) is 3.76. The maximum atomic E-state index is 6.30. The molecule has 1 aliphatic rings. The lowest BCUT2D eigenvalue weighted by molar-refractivity contribution is -0.127. The first-order valence-corrected chi connectivity index (χ1v) is 7.47. The van der Waals surface area contributed by atoms with Gasteiger partial charge in [0, 0.05) is 13.7 Å². The lowest BCUT2D eigenvalue weighted by Crippen LogP contribution is -2.47. The highest BCUT2D eigenvalue weighted by molar-refractivity contribution is 4.89. The molecule has 0 bridgehead atoms. The summed E-state index contributed by atoms with van der Waals surface area (Å²) in [6.45, 7) is 6.04. The average Bonchev–Trinajstić information content (AvgIpc) is 2.33. The van der Waals surface area contributed by atoms with E-state index in [-0.39, 0.29) is 11.7 Å². The van der Waals surface area contributed by atoms with E-state index in [1.165, 1.54) is 38.5 Å². The van der Waals surface area contributed by atoms with Gasteiger partial charge in [-0.15, -0.1) is 0 Å². The van der Waals surface area contributed by atoms with Gasteiger partial charge in [0.1, 0.15) is 0 Å². The molecule has 3 heteroatoms. The molecular weight excluding hydrogens is 226 g/mol. The first kappa shape index (κ1) is 15.9. The molecular formula is C15H31NO2. The Morgan fingerprint density at radius 2 is 2.00 bits per heavy atom. The number of hydrogen-bond acceptors (Lipinski definition) is 3. The summed E-state index contributed by atoms with van der Waals surface area (Å²) in [4.78, 5) is 0. The van der Waals surface area contributed by atoms with Gasteiger partial charge in [-0.05, 0) is 45.6 Å². The van der Waals surface area contributed by atoms with E-state index in [0.29, 0.717) is 6.61 Å². The Morgan fingerprint density at radius 1 is 1.33 bits per heavy atom. The van der Waals surface area contributed by atoms with Gasteiger partial charge in [-0.2, -0.15) is 0 Å². The number of rotatable bonds is 8. The standard InChI is InChI=1S/C15H31NO2/c1-5-6-14-7-9-15(10-8-14,12-16-3)18-13(2)11-17-4/h13-14,16H,5-12H2,1-4H3. The van der Waals surface area contributed by atoms with Crippen LogP contribution in [0.2, 0.25) is 0 Å². The van der Waals surface area contributed by atoms with Crippen molar-refractivity contribution in [1.29, 1.82) is 0 Å². The third-order valence-corrected chi connectivity index (χ3v) is 4.06. The normalized spacial score (nSPS) is 30.3. The quantitative estimate of drug-likeness (QED) is 0.725. The van der Waals surface area contributed by atoms with Crippen molar-refractivity contribution in [3.63, 3.8) is 0 Å². The zero-order chi connectivity index (χ0) is 13.4. The third kappa shape index (κ3) is 4.87. The van der Waals surface area contributed by atoms with Crippen molar-refractivity contribution in [2.75, 3.05) is 27.3 Å². The van der Waals surface area contributed by atoms with E-state index < -0.39 is 0 Å². The Bertz CT molecular complexity index is 213. The smallest absolute Gasteiger partial charge is 0.0811 e. The maximum Gasteiger partial charge on any atom is 0.0811 e. The minimum atomic E-state index is 0.0386. The van der Waals surface area contributed by atoms with Crippen LogP contribution >= 0.6 is 0 Å². The van der Waals surface area contributed by atoms with Gasteiger partial charge in [-0.1, -0.05) is 19.8 Å². The molecule has 0 heterocycles. The van der Waals surface area contributed by atoms with Crippen molar-refractivity contribution in [2.45, 2.75) is 64.1 Å². The highest BCUT2D eigenvalue weighted by Gasteiger charge is 2.36. The van der Waals surface area contributed by atoms with E-state index in [9.17, 15) is 0 Å². The molecule has 0 amide bonds. The SMILES string of the molecule is CCCC1CCC(CNC)(OC(C)COC)CC1. The van der Waals surface area contributed by atoms with E-state index in [4.69, 9.17) is 9.47 Å². The Kier molecular flexibility index (Phi) is 7.20. The van der Waals surface area contributed by atoms with Crippen molar-refractivity contribution in [1.82, 2.24) is 5.32 Å². The maximum absolute atomic E-state index is 6.30. The molecule has 0 radical (unpaired) electrons. The van der Waals surface area contributed by atoms with Crippen molar-refractivity contribution in [3.8, 4) is 0 Å². The summed E-state index contributed by atoms with van der Waals surface area (Å²) < 4.78 is 11.5. The van der Waals surface area contributed by atoms with Crippen LogP contribution in [0.3, 0.4) is 0 Å². The molecule has 0 aromatic heterocycles. The fraction of sp³-hybridized carbons (Fsp3) is 1.00. The minimum absolute atomic E-state index is 0.0386. The number of hydrogen-bond donors (Lipinski definition) is 1. The molecule has 0 aliphatic heterocycles. The fourth-order valence-corrected chi connectivity index (χ4v) is 3.25. The Balaban J connectivity index is 2.49. The highest BCUT2D eigenvalue weighted by Crippen LogP contribution is 2.37. The number of methoxy groups -OCH3 is 1. The van der Waals surface area contributed by atoms with Crippen molar-refractivity contribution >= 4 is 0 Å². The van der Waals surface area contributed by atoms with Crippen LogP contribution in [-0.4, -0.2) is 39.0 Å². The van der Waals surface area contributed by atoms with E-state index in [1.807, 2.05) is 7.05 Å². The first-order valence-electron chi connectivity index (χ1n) is 7.47. The van der Waals surface area contributed by atoms with Crippen LogP contribution in [0.4, 0.5) is 0 Å². The summed E-state index contributed by atoms with van der Waals surface area (Å²) in [6, 6.07) is 0. The van der Waals surface area contributed by atoms with E-state index in [0.717, 1.165) is 12.5 Å². The molecule has 1 fully saturated rings. The first-order chi connectivity index (χ1) is 8.65. The van der Waals surface area contributed by atoms with E-state index in [2.05, 4.69) is 19.2 Å². The molecule has 0 spiro atoms. The van der Waals surface area contributed by atoms with Crippen molar-refractivity contribution < 1.29 is 9.47 Å². The second kappa shape index (κ2) is 8.13. The molecule has 1 saturated carbocycles. The summed E-state index contributed by atoms with van der Waals surface area (Å²) >= 11 is 0. The molecule has 3 nitrogen and oxygen atoms in total. The molecule has 1 rings (SSSR count). The lowest BCUT2D eigenvalue weighted by Gasteiger charge is -2.41. The highest BCUT2D eigenvalue weighted by atomic mass is 16.5. The Labute approximate surface area is 113 Å². The van der Waals surface area contributed by atoms with Gasteiger partial charge < -0.3 is 14.8 Å². The largest absolute Gasteiger partial charge is 0.382 e. The van der Waals surface area contributed by atoms with Gasteiger partial charge in [0.2, 0.25) is 0 Å². The second-order valence-electron chi connectivity index (χ2n) is 5.83. The summed E-state index contributed by atoms with van der Waals surface area (Å²) in [5, 5.41) is 3.31. The predicted octanol–water partition coefficient (Wildman–Crippen LogP) is 2.99. The Morgan fingerprint density at radius 3 is 2.50 bits per heavy atom. The van der Waals surface area contributed by atoms with Gasteiger partial charge >= 0.3 is 0 Å². The number of likely N-dealkylation sites (N-methyl/N-ethyl adjacent to an activating group) is 1. The van der Waals surface area contributed by atoms with Gasteiger partial charge in [-0.25, -0.2) is 0 Å². The van der Waals surface area contributed by atoms with Gasteiger partial charge in [-0.3, -0.25) is 0 Å². The molecule has 0 saturated heterocycles. The summed E-state index contributed by atoms with van der Waals surface area (Å²) in [5.41, 5.74) is 0.0386. The van der Waals surface area contributed by atoms with Crippen molar-refractivity contribution in [2.24, 2.45) is 5.92 Å². The molecule has 1 unspecified atom stereocenters. The average molecular weight is 257 g/mol. The van der Waals surface area contributed by atoms with Gasteiger partial charge in [0.15, 0.2) is 0 Å². The molecule has 0 aromatic rings. The molecule has 0 aromatic carbocycles. The fourth-order valence-electron chi connectivity index (χ4n) is 3.25. The molecule has 1 N–H and O–H groups in total. The van der Waals surface area contributed by atoms with E-state index in [1.54, 1.807) is 7.11 Å². The van der Waals surface area contributed by atoms with E-state index >= 15 is 0 Å². The van der Waals surface area contributed by atoms with Gasteiger partial charge in [0.25, 0.3) is 0 Å². The van der Waals surface area contributed by atoms with Crippen LogP contribution in [0.25, 0.3) is 0 Å². The van der Waals surface area contributed by atoms with Crippen molar-refractivity contribution in [3.05, 3.63) is 0 Å². The molecule has 1 atom stereocenters. The molecule has 108 valence electrons. The van der Waals surface area contributed by atoms with Crippen LogP contribution in [0.1, 0.15) is 52.4 Å². The molecule has 18 heavy (non-hydrogen) atoms. The lowest BCUT2D eigenvalue weighted by atomic mass is 9.77. The van der Waals surface area contributed by atoms with Crippen LogP contribution < -0.4 is 5.32 Å². The number of nitrogens with one attached hydrogen (secondary N) is 1. The summed E-state index contributed by atoms with van der Waals surface area (Å²) in [5.74, 6) is 0.918. The van der Waals surface area contributed by atoms with Gasteiger partial charge in [0.05, 0.1) is 18.3 Å². The van der Waals surface area contributed by atoms with Crippen LogP contribution in [0.5, 0.6) is 0 Å². The predicted molar refractivity (Wildman–Crippen MR) is 75.9 cm³/mol. The van der Waals surface area contributed by atoms with Crippen LogP contribution in [-0.2, 0) is 9.47 Å². The number of ether oxygens (including phenoxy) is 2. The summed E-state index contributed by atoms with van der Waals surface area (Å²) in [6.07, 6.45) is 7.88. The Hall–Kier alpha value is -0.120. The zero-order valence-electron chi connectivity index (χ0n) is 12.6. The molecule has 1 aliphatic carbocycles.